The molecule has 0 fully saturated rings. The van der Waals surface area contributed by atoms with Crippen LogP contribution in [0.5, 0.6) is 0 Å². The topological polar surface area (TPSA) is 0 Å². The number of hydrogen-bond donors (Lipinski definition) is 0. The molecule has 0 saturated heterocycles. The maximum atomic E-state index is 6.65. The molecule has 0 radical (unpaired) electrons. The second-order valence-electron chi connectivity index (χ2n) is 4.33. The quantitative estimate of drug-likeness (QED) is 0.264. The van der Waals surface area contributed by atoms with Crippen LogP contribution >= 0.6 is 34.3 Å². The Morgan fingerprint density at radius 3 is 1.73 bits per heavy atom. The lowest BCUT2D eigenvalue weighted by molar-refractivity contribution is 1.25. The van der Waals surface area contributed by atoms with E-state index in [2.05, 4.69) is 26.3 Å². The van der Waals surface area contributed by atoms with E-state index in [1.807, 2.05) is 12.2 Å². The van der Waals surface area contributed by atoms with Crippen molar-refractivity contribution in [2.24, 2.45) is 0 Å². The van der Waals surface area contributed by atoms with Gasteiger partial charge in [-0.3, -0.25) is 0 Å². The standard InChI is InChI=1S/C10H19Cl3Si2/c1-5-7-15(8-6-2,9-10(11)12)14(3,4)13/h5-6,10H,1-2,7-9H2,3-4H3. The summed E-state index contributed by atoms with van der Waals surface area (Å²) >= 11 is 18.5. The van der Waals surface area contributed by atoms with Gasteiger partial charge in [0.15, 0.2) is 0 Å². The molecule has 0 saturated carbocycles. The minimum atomic E-state index is -1.74. The van der Waals surface area contributed by atoms with Crippen LogP contribution in [0.1, 0.15) is 0 Å². The Kier molecular flexibility index (Phi) is 6.84. The molecule has 0 bridgehead atoms. The zero-order chi connectivity index (χ0) is 12.1. The molecule has 0 heterocycles. The van der Waals surface area contributed by atoms with Crippen LogP contribution in [-0.4, -0.2) is 19.3 Å². The molecule has 88 valence electrons. The molecule has 0 aromatic rings. The lowest BCUT2D eigenvalue weighted by Gasteiger charge is -2.39. The van der Waals surface area contributed by atoms with Crippen molar-refractivity contribution < 1.29 is 0 Å². The van der Waals surface area contributed by atoms with Crippen molar-refractivity contribution in [3.05, 3.63) is 25.3 Å². The number of rotatable bonds is 7. The Morgan fingerprint density at radius 2 is 1.53 bits per heavy atom. The van der Waals surface area contributed by atoms with Gasteiger partial charge in [-0.05, 0) is 18.1 Å². The third-order valence-corrected chi connectivity index (χ3v) is 22.6. The van der Waals surface area contributed by atoms with Crippen LogP contribution in [0.3, 0.4) is 0 Å². The lowest BCUT2D eigenvalue weighted by Crippen LogP contribution is -2.55. The molecular formula is C10H19Cl3Si2. The van der Waals surface area contributed by atoms with Crippen LogP contribution in [0.4, 0.5) is 0 Å². The SMILES string of the molecule is C=CC[Si](CC=C)(CC(Cl)Cl)[Si](C)(C)Cl. The molecule has 0 aromatic heterocycles. The maximum Gasteiger partial charge on any atom is 0.142 e. The van der Waals surface area contributed by atoms with E-state index in [1.165, 1.54) is 0 Å². The van der Waals surface area contributed by atoms with Gasteiger partial charge in [0.2, 0.25) is 0 Å². The Hall–Kier alpha value is 0.784. The highest BCUT2D eigenvalue weighted by molar-refractivity contribution is 7.59. The van der Waals surface area contributed by atoms with Gasteiger partial charge < -0.3 is 0 Å². The van der Waals surface area contributed by atoms with Crippen molar-refractivity contribution in [1.29, 1.82) is 0 Å². The fourth-order valence-corrected chi connectivity index (χ4v) is 16.0. The summed E-state index contributed by atoms with van der Waals surface area (Å²) in [5, 5.41) is 0. The second-order valence-corrected chi connectivity index (χ2v) is 23.1. The minimum Gasteiger partial charge on any atom is -0.171 e. The van der Waals surface area contributed by atoms with Crippen LogP contribution in [0.2, 0.25) is 31.2 Å². The Bertz CT molecular complexity index is 211. The van der Waals surface area contributed by atoms with Gasteiger partial charge in [0.1, 0.15) is 11.7 Å². The van der Waals surface area contributed by atoms with Crippen LogP contribution < -0.4 is 0 Å². The van der Waals surface area contributed by atoms with E-state index in [4.69, 9.17) is 34.3 Å². The third kappa shape index (κ3) is 4.65. The highest BCUT2D eigenvalue weighted by atomic mass is 35.6. The van der Waals surface area contributed by atoms with Gasteiger partial charge >= 0.3 is 0 Å². The van der Waals surface area contributed by atoms with E-state index >= 15 is 0 Å². The van der Waals surface area contributed by atoms with Crippen LogP contribution in [0, 0.1) is 0 Å². The first-order valence-corrected chi connectivity index (χ1v) is 13.5. The number of halogens is 3. The van der Waals surface area contributed by atoms with Crippen LogP contribution in [-0.2, 0) is 0 Å². The predicted molar refractivity (Wildman–Crippen MR) is 79.4 cm³/mol. The first-order chi connectivity index (χ1) is 6.79. The first kappa shape index (κ1) is 15.8. The van der Waals surface area contributed by atoms with Crippen molar-refractivity contribution >= 4 is 48.8 Å². The van der Waals surface area contributed by atoms with E-state index in [0.29, 0.717) is 0 Å². The summed E-state index contributed by atoms with van der Waals surface area (Å²) in [7, 11) is -1.66. The predicted octanol–water partition coefficient (Wildman–Crippen LogP) is 5.13. The molecule has 0 atom stereocenters. The average Bonchev–Trinajstić information content (AvgIpc) is 2.01. The maximum absolute atomic E-state index is 6.65. The highest BCUT2D eigenvalue weighted by Crippen LogP contribution is 2.37. The summed E-state index contributed by atoms with van der Waals surface area (Å²) in [6.45, 7) is 10.3. The number of hydrogen-bond acceptors (Lipinski definition) is 0. The second kappa shape index (κ2) is 6.50. The number of allylic oxidation sites excluding steroid dienone is 2. The molecule has 0 spiro atoms. The van der Waals surface area contributed by atoms with E-state index < -0.39 is 14.5 Å². The molecule has 5 heteroatoms. The van der Waals surface area contributed by atoms with Gasteiger partial charge in [0.25, 0.3) is 0 Å². The van der Waals surface area contributed by atoms with Gasteiger partial charge in [-0.1, -0.05) is 25.2 Å². The summed E-state index contributed by atoms with van der Waals surface area (Å²) in [5.41, 5.74) is 0. The van der Waals surface area contributed by atoms with Crippen LogP contribution in [0.15, 0.2) is 25.3 Å². The zero-order valence-electron chi connectivity index (χ0n) is 9.40. The monoisotopic (exact) mass is 300 g/mol. The molecule has 0 amide bonds. The minimum absolute atomic E-state index is 0.318. The van der Waals surface area contributed by atoms with E-state index in [1.54, 1.807) is 0 Å². The fraction of sp³-hybridized carbons (Fsp3) is 0.600. The first-order valence-electron chi connectivity index (χ1n) is 4.98. The largest absolute Gasteiger partial charge is 0.171 e. The molecule has 0 N–H and O–H groups in total. The Labute approximate surface area is 110 Å². The molecule has 0 nitrogen and oxygen atoms in total. The molecular weight excluding hydrogens is 283 g/mol. The molecule has 15 heavy (non-hydrogen) atoms. The van der Waals surface area contributed by atoms with Gasteiger partial charge in [-0.15, -0.1) is 36.4 Å². The van der Waals surface area contributed by atoms with Gasteiger partial charge in [0.05, 0.1) is 7.59 Å². The van der Waals surface area contributed by atoms with Gasteiger partial charge in [0, 0.05) is 0 Å². The summed E-state index contributed by atoms with van der Waals surface area (Å²) in [4.78, 5) is -0.318. The Morgan fingerprint density at radius 1 is 1.13 bits per heavy atom. The number of alkyl halides is 2. The summed E-state index contributed by atoms with van der Waals surface area (Å²) in [5.74, 6) is 0. The highest BCUT2D eigenvalue weighted by Gasteiger charge is 2.46. The molecule has 0 aliphatic heterocycles. The average molecular weight is 302 g/mol. The smallest absolute Gasteiger partial charge is 0.142 e. The molecule has 0 aliphatic carbocycles. The van der Waals surface area contributed by atoms with E-state index in [0.717, 1.165) is 18.1 Å². The van der Waals surface area contributed by atoms with E-state index in [9.17, 15) is 0 Å². The summed E-state index contributed by atoms with van der Waals surface area (Å²) in [6, 6.07) is 2.81. The van der Waals surface area contributed by atoms with Crippen molar-refractivity contribution in [3.63, 3.8) is 0 Å². The van der Waals surface area contributed by atoms with Crippen molar-refractivity contribution in [2.75, 3.05) is 0 Å². The summed E-state index contributed by atoms with van der Waals surface area (Å²) in [6.07, 6.45) is 3.92. The van der Waals surface area contributed by atoms with Crippen molar-refractivity contribution in [2.45, 2.75) is 36.1 Å². The lowest BCUT2D eigenvalue weighted by atomic mass is 10.7. The summed E-state index contributed by atoms with van der Waals surface area (Å²) < 4.78 is 0. The van der Waals surface area contributed by atoms with Crippen molar-refractivity contribution in [1.82, 2.24) is 0 Å². The third-order valence-electron chi connectivity index (χ3n) is 2.88. The normalized spacial score (nSPS) is 12.9. The molecule has 0 unspecified atom stereocenters. The van der Waals surface area contributed by atoms with Gasteiger partial charge in [-0.2, -0.15) is 11.1 Å². The van der Waals surface area contributed by atoms with Gasteiger partial charge in [-0.25, -0.2) is 0 Å². The Balaban J connectivity index is 5.05. The molecule has 0 rings (SSSR count). The van der Waals surface area contributed by atoms with E-state index in [-0.39, 0.29) is 4.84 Å². The fourth-order valence-electron chi connectivity index (χ4n) is 1.83. The molecule has 0 aromatic carbocycles. The zero-order valence-corrected chi connectivity index (χ0v) is 13.7. The van der Waals surface area contributed by atoms with Crippen LogP contribution in [0.25, 0.3) is 0 Å². The van der Waals surface area contributed by atoms with Crippen molar-refractivity contribution in [3.8, 4) is 0 Å². The molecule has 0 aliphatic rings.